The molecule has 2 aromatic heterocycles. The van der Waals surface area contributed by atoms with Crippen LogP contribution in [-0.2, 0) is 11.2 Å². The molecule has 0 saturated heterocycles. The van der Waals surface area contributed by atoms with Gasteiger partial charge in [0.25, 0.3) is 0 Å². The molecule has 116 valence electrons. The van der Waals surface area contributed by atoms with E-state index in [0.717, 1.165) is 24.2 Å². The maximum absolute atomic E-state index is 12.2. The molecule has 0 bridgehead atoms. The van der Waals surface area contributed by atoms with E-state index in [0.29, 0.717) is 24.3 Å². The first-order valence-corrected chi connectivity index (χ1v) is 7.78. The molecule has 1 N–H and O–H groups in total. The van der Waals surface area contributed by atoms with Gasteiger partial charge in [-0.1, -0.05) is 13.8 Å². The van der Waals surface area contributed by atoms with Crippen LogP contribution in [-0.4, -0.2) is 25.7 Å². The van der Waals surface area contributed by atoms with Crippen LogP contribution < -0.4 is 5.32 Å². The molecule has 0 atom stereocenters. The van der Waals surface area contributed by atoms with Crippen LogP contribution in [0.25, 0.3) is 0 Å². The summed E-state index contributed by atoms with van der Waals surface area (Å²) < 4.78 is 1.98. The minimum absolute atomic E-state index is 0.109. The predicted molar refractivity (Wildman–Crippen MR) is 83.6 cm³/mol. The highest BCUT2D eigenvalue weighted by Crippen LogP contribution is 2.31. The standard InChI is InChI=1S/C16H21N5O/c1-11(2)14-7-8-17-16(19-14)20-15(22)10-13-6-9-18-21(13)12-4-3-5-12/h6-9,11-12H,3-5,10H2,1-2H3,(H,17,19,20,22). The summed E-state index contributed by atoms with van der Waals surface area (Å²) in [6.45, 7) is 4.12. The largest absolute Gasteiger partial charge is 0.294 e. The number of amides is 1. The fourth-order valence-electron chi connectivity index (χ4n) is 2.53. The number of anilines is 1. The van der Waals surface area contributed by atoms with Gasteiger partial charge in [-0.05, 0) is 37.3 Å². The molecule has 22 heavy (non-hydrogen) atoms. The van der Waals surface area contributed by atoms with Crippen LogP contribution >= 0.6 is 0 Å². The van der Waals surface area contributed by atoms with Gasteiger partial charge < -0.3 is 0 Å². The molecule has 6 nitrogen and oxygen atoms in total. The number of hydrogen-bond donors (Lipinski definition) is 1. The molecule has 3 rings (SSSR count). The maximum atomic E-state index is 12.2. The van der Waals surface area contributed by atoms with E-state index >= 15 is 0 Å². The predicted octanol–water partition coefficient (Wildman–Crippen LogP) is 2.70. The van der Waals surface area contributed by atoms with Gasteiger partial charge in [-0.3, -0.25) is 14.8 Å². The van der Waals surface area contributed by atoms with Crippen LogP contribution in [0, 0.1) is 0 Å². The monoisotopic (exact) mass is 299 g/mol. The highest BCUT2D eigenvalue weighted by molar-refractivity contribution is 5.90. The van der Waals surface area contributed by atoms with Gasteiger partial charge >= 0.3 is 0 Å². The number of aromatic nitrogens is 4. The molecule has 1 fully saturated rings. The van der Waals surface area contributed by atoms with Crippen molar-refractivity contribution in [1.82, 2.24) is 19.7 Å². The van der Waals surface area contributed by atoms with E-state index in [9.17, 15) is 4.79 Å². The molecule has 1 amide bonds. The zero-order valence-electron chi connectivity index (χ0n) is 13.0. The number of carbonyl (C=O) groups is 1. The van der Waals surface area contributed by atoms with Crippen molar-refractivity contribution in [2.24, 2.45) is 0 Å². The van der Waals surface area contributed by atoms with Gasteiger partial charge in [-0.25, -0.2) is 9.97 Å². The third-order valence-corrected chi connectivity index (χ3v) is 4.03. The van der Waals surface area contributed by atoms with Gasteiger partial charge in [-0.2, -0.15) is 5.10 Å². The normalized spacial score (nSPS) is 14.9. The molecular formula is C16H21N5O. The Bertz CT molecular complexity index is 660. The number of nitrogens with one attached hydrogen (secondary N) is 1. The average Bonchev–Trinajstić information content (AvgIpc) is 2.85. The third-order valence-electron chi connectivity index (χ3n) is 4.03. The second-order valence-corrected chi connectivity index (χ2v) is 6.04. The summed E-state index contributed by atoms with van der Waals surface area (Å²) in [5, 5.41) is 7.12. The van der Waals surface area contributed by atoms with Gasteiger partial charge in [0.2, 0.25) is 11.9 Å². The summed E-state index contributed by atoms with van der Waals surface area (Å²) in [7, 11) is 0. The lowest BCUT2D eigenvalue weighted by molar-refractivity contribution is -0.115. The topological polar surface area (TPSA) is 72.7 Å². The Morgan fingerprint density at radius 1 is 1.36 bits per heavy atom. The van der Waals surface area contributed by atoms with E-state index in [4.69, 9.17) is 0 Å². The van der Waals surface area contributed by atoms with Crippen molar-refractivity contribution in [2.45, 2.75) is 51.5 Å². The molecule has 0 aromatic carbocycles. The molecule has 2 aromatic rings. The van der Waals surface area contributed by atoms with Crippen LogP contribution in [0.2, 0.25) is 0 Å². The summed E-state index contributed by atoms with van der Waals surface area (Å²) in [4.78, 5) is 20.7. The molecule has 6 heteroatoms. The van der Waals surface area contributed by atoms with Crippen molar-refractivity contribution in [1.29, 1.82) is 0 Å². The van der Waals surface area contributed by atoms with Gasteiger partial charge in [0, 0.05) is 23.8 Å². The molecule has 0 radical (unpaired) electrons. The molecular weight excluding hydrogens is 278 g/mol. The van der Waals surface area contributed by atoms with E-state index in [1.807, 2.05) is 16.8 Å². The molecule has 0 unspecified atom stereocenters. The zero-order chi connectivity index (χ0) is 15.5. The van der Waals surface area contributed by atoms with Crippen molar-refractivity contribution in [3.8, 4) is 0 Å². The highest BCUT2D eigenvalue weighted by atomic mass is 16.1. The number of hydrogen-bond acceptors (Lipinski definition) is 4. The second-order valence-electron chi connectivity index (χ2n) is 6.04. The molecule has 1 aliphatic rings. The SMILES string of the molecule is CC(C)c1ccnc(NC(=O)Cc2ccnn2C2CCC2)n1. The smallest absolute Gasteiger partial charge is 0.232 e. The Hall–Kier alpha value is -2.24. The maximum Gasteiger partial charge on any atom is 0.232 e. The van der Waals surface area contributed by atoms with E-state index in [1.54, 1.807) is 12.4 Å². The molecule has 0 aliphatic heterocycles. The fraction of sp³-hybridized carbons (Fsp3) is 0.500. The first kappa shape index (κ1) is 14.7. The number of nitrogens with zero attached hydrogens (tertiary/aromatic N) is 4. The summed E-state index contributed by atoms with van der Waals surface area (Å²) in [5.74, 6) is 0.562. The summed E-state index contributed by atoms with van der Waals surface area (Å²) in [6.07, 6.45) is 7.27. The Morgan fingerprint density at radius 3 is 2.86 bits per heavy atom. The Balaban J connectivity index is 1.65. The van der Waals surface area contributed by atoms with Crippen molar-refractivity contribution in [3.05, 3.63) is 35.9 Å². The van der Waals surface area contributed by atoms with E-state index in [-0.39, 0.29) is 5.91 Å². The van der Waals surface area contributed by atoms with Crippen LogP contribution in [0.4, 0.5) is 5.95 Å². The molecule has 0 spiro atoms. The number of carbonyl (C=O) groups excluding carboxylic acids is 1. The summed E-state index contributed by atoms with van der Waals surface area (Å²) in [6, 6.07) is 4.23. The Morgan fingerprint density at radius 2 is 2.18 bits per heavy atom. The first-order valence-electron chi connectivity index (χ1n) is 7.78. The second kappa shape index (κ2) is 6.25. The van der Waals surface area contributed by atoms with Gasteiger partial charge in [0.1, 0.15) is 0 Å². The van der Waals surface area contributed by atoms with Gasteiger partial charge in [-0.15, -0.1) is 0 Å². The minimum Gasteiger partial charge on any atom is -0.294 e. The van der Waals surface area contributed by atoms with Crippen molar-refractivity contribution in [3.63, 3.8) is 0 Å². The van der Waals surface area contributed by atoms with Crippen LogP contribution in [0.3, 0.4) is 0 Å². The summed E-state index contributed by atoms with van der Waals surface area (Å²) in [5.41, 5.74) is 1.87. The Kier molecular flexibility index (Phi) is 4.18. The third kappa shape index (κ3) is 3.16. The first-order chi connectivity index (χ1) is 10.6. The van der Waals surface area contributed by atoms with Crippen LogP contribution in [0.5, 0.6) is 0 Å². The van der Waals surface area contributed by atoms with Crippen LogP contribution in [0.1, 0.15) is 56.5 Å². The lowest BCUT2D eigenvalue weighted by atomic mass is 9.93. The minimum atomic E-state index is -0.109. The van der Waals surface area contributed by atoms with Crippen molar-refractivity contribution in [2.75, 3.05) is 5.32 Å². The lowest BCUT2D eigenvalue weighted by Crippen LogP contribution is -2.23. The Labute approximate surface area is 130 Å². The van der Waals surface area contributed by atoms with E-state index in [2.05, 4.69) is 34.2 Å². The number of rotatable bonds is 5. The van der Waals surface area contributed by atoms with Gasteiger partial charge in [0.15, 0.2) is 0 Å². The molecule has 1 aliphatic carbocycles. The average molecular weight is 299 g/mol. The molecule has 1 saturated carbocycles. The summed E-state index contributed by atoms with van der Waals surface area (Å²) >= 11 is 0. The van der Waals surface area contributed by atoms with Crippen LogP contribution in [0.15, 0.2) is 24.5 Å². The fourth-order valence-corrected chi connectivity index (χ4v) is 2.53. The highest BCUT2D eigenvalue weighted by Gasteiger charge is 2.22. The van der Waals surface area contributed by atoms with Gasteiger partial charge in [0.05, 0.1) is 12.5 Å². The van der Waals surface area contributed by atoms with Crippen molar-refractivity contribution >= 4 is 11.9 Å². The van der Waals surface area contributed by atoms with Crippen molar-refractivity contribution < 1.29 is 4.79 Å². The molecule has 2 heterocycles. The lowest BCUT2D eigenvalue weighted by Gasteiger charge is -2.27. The zero-order valence-corrected chi connectivity index (χ0v) is 13.0. The van der Waals surface area contributed by atoms with E-state index < -0.39 is 0 Å². The van der Waals surface area contributed by atoms with E-state index in [1.165, 1.54) is 6.42 Å². The quantitative estimate of drug-likeness (QED) is 0.921.